The van der Waals surface area contributed by atoms with E-state index in [4.69, 9.17) is 33.2 Å². The Morgan fingerprint density at radius 1 is 0.815 bits per heavy atom. The molecule has 0 saturated carbocycles. The van der Waals surface area contributed by atoms with Crippen LogP contribution in [0.25, 0.3) is 0 Å². The molecule has 3 saturated heterocycles. The Morgan fingerprint density at radius 2 is 1.41 bits per heavy atom. The molecule has 0 aromatic carbocycles. The van der Waals surface area contributed by atoms with Crippen molar-refractivity contribution in [3.8, 4) is 0 Å². The van der Waals surface area contributed by atoms with Gasteiger partial charge >= 0.3 is 11.9 Å². The fraction of sp³-hybridized carbons (Fsp3) is 0.907. The lowest BCUT2D eigenvalue weighted by atomic mass is 9.94. The number of carbonyl (C=O) groups is 2. The maximum atomic E-state index is 12.0. The van der Waals surface area contributed by atoms with Gasteiger partial charge in [-0.1, -0.05) is 71.1 Å². The lowest BCUT2D eigenvalue weighted by Gasteiger charge is -2.42. The number of carbonyl (C=O) groups excluding carboxylic acids is 2. The first-order chi connectivity index (χ1) is 25.6. The molecular formula is C43H74O11. The van der Waals surface area contributed by atoms with Crippen LogP contribution in [0.1, 0.15) is 177 Å². The molecule has 4 aliphatic rings. The molecule has 2 N–H and O–H groups in total. The normalized spacial score (nSPS) is 30.9. The molecule has 0 bridgehead atoms. The van der Waals surface area contributed by atoms with Gasteiger partial charge in [0.05, 0.1) is 48.8 Å². The number of unbranched alkanes of at least 4 members (excludes halogenated alkanes) is 9. The summed E-state index contributed by atoms with van der Waals surface area (Å²) in [7, 11) is 0. The number of rotatable bonds is 24. The van der Waals surface area contributed by atoms with Crippen molar-refractivity contribution in [2.24, 2.45) is 0 Å². The van der Waals surface area contributed by atoms with Crippen molar-refractivity contribution in [3.63, 3.8) is 0 Å². The maximum absolute atomic E-state index is 12.0. The zero-order valence-electron chi connectivity index (χ0n) is 34.6. The lowest BCUT2D eigenvalue weighted by molar-refractivity contribution is -0.305. The topological polar surface area (TPSA) is 139 Å². The third-order valence-electron chi connectivity index (χ3n) is 11.3. The molecule has 0 aromatic rings. The molecule has 10 atom stereocenters. The first-order valence-electron chi connectivity index (χ1n) is 21.4. The van der Waals surface area contributed by atoms with Crippen LogP contribution in [-0.4, -0.2) is 94.8 Å². The van der Waals surface area contributed by atoms with Crippen molar-refractivity contribution < 1.29 is 53.0 Å². The Bertz CT molecular complexity index is 1170. The highest BCUT2D eigenvalue weighted by Gasteiger charge is 2.44. The number of hydrogen-bond acceptors (Lipinski definition) is 11. The zero-order valence-corrected chi connectivity index (χ0v) is 34.6. The van der Waals surface area contributed by atoms with E-state index in [1.54, 1.807) is 13.0 Å². The van der Waals surface area contributed by atoms with E-state index in [1.807, 2.05) is 27.7 Å². The highest BCUT2D eigenvalue weighted by molar-refractivity contribution is 5.90. The molecule has 0 amide bonds. The van der Waals surface area contributed by atoms with Gasteiger partial charge in [-0.2, -0.15) is 0 Å². The molecule has 11 heteroatoms. The van der Waals surface area contributed by atoms with Crippen LogP contribution in [0, 0.1) is 0 Å². The van der Waals surface area contributed by atoms with E-state index < -0.39 is 54.0 Å². The van der Waals surface area contributed by atoms with Crippen LogP contribution in [0.5, 0.6) is 0 Å². The second kappa shape index (κ2) is 21.8. The molecule has 4 aliphatic heterocycles. The Morgan fingerprint density at radius 3 is 2.04 bits per heavy atom. The van der Waals surface area contributed by atoms with Gasteiger partial charge in [0.15, 0.2) is 11.6 Å². The summed E-state index contributed by atoms with van der Waals surface area (Å²) in [5.41, 5.74) is 0.466. The average molecular weight is 767 g/mol. The molecule has 4 rings (SSSR count). The standard InChI is InChI=1S/C43H74O11/c1-8-9-10-11-12-13-14-15-16-17-18-39-40(54-43(6,7)53-39)22-20-33-27-34(52-42(4,5)51-33)28-35(46)36-23-24-38(50-36)37(49-30(3)44)21-19-32(45)26-31-25-29(2)48-41(31)47/h25,29,32-40,45-46H,8-24,26-28H2,1-7H3/t29?,32?,33-,34+,35+,36+,37+,38+,39+,40+/m1/s1. The number of esters is 2. The van der Waals surface area contributed by atoms with Crippen LogP contribution >= 0.6 is 0 Å². The van der Waals surface area contributed by atoms with Gasteiger partial charge in [-0.15, -0.1) is 0 Å². The van der Waals surface area contributed by atoms with Gasteiger partial charge in [0.1, 0.15) is 12.2 Å². The highest BCUT2D eigenvalue weighted by atomic mass is 16.8. The SMILES string of the molecule is CCCCCCCCCCCC[C@@H]1OC(C)(C)O[C@H]1CC[C@@H]1C[C@@H](C[C@H](O)[C@@H]2CC[C@@H]([C@H](CCC(O)CC3=CC(C)OC3=O)OC(C)=O)O2)OC(C)(C)O1. The average Bonchev–Trinajstić information content (AvgIpc) is 3.78. The number of aliphatic hydroxyl groups excluding tert-OH is 2. The molecule has 11 nitrogen and oxygen atoms in total. The van der Waals surface area contributed by atoms with Crippen LogP contribution < -0.4 is 0 Å². The van der Waals surface area contributed by atoms with Crippen molar-refractivity contribution >= 4 is 11.9 Å². The highest BCUT2D eigenvalue weighted by Crippen LogP contribution is 2.38. The molecular weight excluding hydrogens is 692 g/mol. The predicted octanol–water partition coefficient (Wildman–Crippen LogP) is 8.14. The summed E-state index contributed by atoms with van der Waals surface area (Å²) >= 11 is 0. The number of cyclic esters (lactones) is 1. The Labute approximate surface area is 325 Å². The Kier molecular flexibility index (Phi) is 18.2. The molecule has 54 heavy (non-hydrogen) atoms. The second-order valence-electron chi connectivity index (χ2n) is 17.4. The summed E-state index contributed by atoms with van der Waals surface area (Å²) in [5, 5.41) is 22.0. The van der Waals surface area contributed by atoms with E-state index in [9.17, 15) is 19.8 Å². The van der Waals surface area contributed by atoms with E-state index >= 15 is 0 Å². The summed E-state index contributed by atoms with van der Waals surface area (Å²) in [6.07, 6.45) is 17.3. The third-order valence-corrected chi connectivity index (χ3v) is 11.3. The molecule has 0 spiro atoms. The van der Waals surface area contributed by atoms with Crippen molar-refractivity contribution in [2.75, 3.05) is 0 Å². The van der Waals surface area contributed by atoms with Crippen LogP contribution in [0.4, 0.5) is 0 Å². The third kappa shape index (κ3) is 15.4. The molecule has 0 aromatic heterocycles. The summed E-state index contributed by atoms with van der Waals surface area (Å²) in [5.74, 6) is -2.21. The van der Waals surface area contributed by atoms with Crippen LogP contribution in [0.3, 0.4) is 0 Å². The lowest BCUT2D eigenvalue weighted by Crippen LogP contribution is -2.47. The Hall–Kier alpha value is -1.60. The van der Waals surface area contributed by atoms with Crippen LogP contribution in [0.2, 0.25) is 0 Å². The minimum absolute atomic E-state index is 0.0206. The van der Waals surface area contributed by atoms with E-state index in [1.165, 1.54) is 64.7 Å². The number of aliphatic hydroxyl groups is 2. The van der Waals surface area contributed by atoms with E-state index in [0.717, 1.165) is 25.7 Å². The van der Waals surface area contributed by atoms with Crippen LogP contribution in [0.15, 0.2) is 11.6 Å². The van der Waals surface area contributed by atoms with Crippen molar-refractivity contribution in [1.82, 2.24) is 0 Å². The summed E-state index contributed by atoms with van der Waals surface area (Å²) in [6.45, 7) is 13.3. The second-order valence-corrected chi connectivity index (χ2v) is 17.4. The smallest absolute Gasteiger partial charge is 0.334 e. The molecule has 3 fully saturated rings. The molecule has 0 aliphatic carbocycles. The van der Waals surface area contributed by atoms with Gasteiger partial charge in [-0.3, -0.25) is 4.79 Å². The van der Waals surface area contributed by atoms with Crippen molar-refractivity contribution in [3.05, 3.63) is 11.6 Å². The predicted molar refractivity (Wildman–Crippen MR) is 206 cm³/mol. The molecule has 0 radical (unpaired) electrons. The van der Waals surface area contributed by atoms with E-state index in [-0.39, 0.29) is 36.9 Å². The minimum Gasteiger partial charge on any atom is -0.460 e. The largest absolute Gasteiger partial charge is 0.460 e. The summed E-state index contributed by atoms with van der Waals surface area (Å²) in [6, 6.07) is 0. The summed E-state index contributed by atoms with van der Waals surface area (Å²) < 4.78 is 42.5. The molecule has 312 valence electrons. The molecule has 2 unspecified atom stereocenters. The zero-order chi connectivity index (χ0) is 39.3. The Balaban J connectivity index is 1.20. The fourth-order valence-electron chi connectivity index (χ4n) is 8.82. The van der Waals surface area contributed by atoms with Gasteiger partial charge in [0.2, 0.25) is 0 Å². The van der Waals surface area contributed by atoms with Gasteiger partial charge in [0, 0.05) is 31.8 Å². The fourth-order valence-corrected chi connectivity index (χ4v) is 8.82. The van der Waals surface area contributed by atoms with Crippen molar-refractivity contribution in [2.45, 2.75) is 249 Å². The van der Waals surface area contributed by atoms with Crippen molar-refractivity contribution in [1.29, 1.82) is 0 Å². The van der Waals surface area contributed by atoms with Gasteiger partial charge < -0.3 is 43.4 Å². The monoisotopic (exact) mass is 767 g/mol. The van der Waals surface area contributed by atoms with Crippen LogP contribution in [-0.2, 0) is 42.7 Å². The first-order valence-corrected chi connectivity index (χ1v) is 21.4. The number of hydrogen-bond donors (Lipinski definition) is 2. The van der Waals surface area contributed by atoms with Gasteiger partial charge in [-0.05, 0) is 85.6 Å². The molecule has 4 heterocycles. The van der Waals surface area contributed by atoms with E-state index in [2.05, 4.69) is 6.92 Å². The van der Waals surface area contributed by atoms with E-state index in [0.29, 0.717) is 44.1 Å². The maximum Gasteiger partial charge on any atom is 0.334 e. The first kappa shape index (κ1) is 45.1. The van der Waals surface area contributed by atoms with Gasteiger partial charge in [-0.25, -0.2) is 4.79 Å². The van der Waals surface area contributed by atoms with Gasteiger partial charge in [0.25, 0.3) is 0 Å². The minimum atomic E-state index is -0.793. The quantitative estimate of drug-likeness (QED) is 0.0727. The number of ether oxygens (including phenoxy) is 7. The summed E-state index contributed by atoms with van der Waals surface area (Å²) in [4.78, 5) is 24.0.